The van der Waals surface area contributed by atoms with Crippen molar-refractivity contribution in [1.29, 1.82) is 0 Å². The first-order valence-electron chi connectivity index (χ1n) is 8.82. The lowest BCUT2D eigenvalue weighted by atomic mass is 10.1. The summed E-state index contributed by atoms with van der Waals surface area (Å²) in [7, 11) is 0. The highest BCUT2D eigenvalue weighted by atomic mass is 32.2. The number of halogens is 3. The minimum atomic E-state index is -4.37. The van der Waals surface area contributed by atoms with Gasteiger partial charge in [0.2, 0.25) is 5.91 Å². The van der Waals surface area contributed by atoms with E-state index in [1.54, 1.807) is 0 Å². The molecule has 5 nitrogen and oxygen atoms in total. The fourth-order valence-corrected chi connectivity index (χ4v) is 3.42. The van der Waals surface area contributed by atoms with Gasteiger partial charge in [0, 0.05) is 6.54 Å². The van der Waals surface area contributed by atoms with Gasteiger partial charge in [0.05, 0.1) is 17.9 Å². The molecule has 1 heterocycles. The number of aromatic nitrogens is 3. The van der Waals surface area contributed by atoms with Gasteiger partial charge in [0.1, 0.15) is 5.82 Å². The van der Waals surface area contributed by atoms with Crippen molar-refractivity contribution in [3.8, 4) is 0 Å². The number of nitrogens with one attached hydrogen (secondary N) is 1. The van der Waals surface area contributed by atoms with Crippen molar-refractivity contribution in [2.75, 3.05) is 5.75 Å². The van der Waals surface area contributed by atoms with Crippen molar-refractivity contribution in [2.24, 2.45) is 0 Å². The van der Waals surface area contributed by atoms with Gasteiger partial charge in [0.15, 0.2) is 5.16 Å². The van der Waals surface area contributed by atoms with Crippen molar-refractivity contribution in [2.45, 2.75) is 31.3 Å². The summed E-state index contributed by atoms with van der Waals surface area (Å²) < 4.78 is 39.7. The van der Waals surface area contributed by atoms with Gasteiger partial charge in [-0.3, -0.25) is 4.79 Å². The lowest BCUT2D eigenvalue weighted by Crippen LogP contribution is -2.24. The van der Waals surface area contributed by atoms with Crippen molar-refractivity contribution in [1.82, 2.24) is 20.1 Å². The van der Waals surface area contributed by atoms with Crippen LogP contribution in [0, 0.1) is 6.92 Å². The molecule has 0 aliphatic heterocycles. The Hall–Kier alpha value is -2.81. The van der Waals surface area contributed by atoms with Crippen molar-refractivity contribution >= 4 is 17.7 Å². The zero-order valence-electron chi connectivity index (χ0n) is 15.6. The van der Waals surface area contributed by atoms with Gasteiger partial charge in [-0.15, -0.1) is 10.2 Å². The number of carbonyl (C=O) groups excluding carboxylic acids is 1. The quantitative estimate of drug-likeness (QED) is 0.586. The minimum Gasteiger partial charge on any atom is -0.351 e. The van der Waals surface area contributed by atoms with Crippen LogP contribution in [-0.4, -0.2) is 26.4 Å². The molecular formula is C20H19F3N4OS. The van der Waals surface area contributed by atoms with E-state index >= 15 is 0 Å². The number of nitrogens with zero attached hydrogens (tertiary/aromatic N) is 3. The van der Waals surface area contributed by atoms with Crippen LogP contribution in [0.25, 0.3) is 0 Å². The predicted molar refractivity (Wildman–Crippen MR) is 104 cm³/mol. The van der Waals surface area contributed by atoms with Crippen LogP contribution in [0.4, 0.5) is 13.2 Å². The molecule has 0 spiro atoms. The summed E-state index contributed by atoms with van der Waals surface area (Å²) in [5.41, 5.74) is 0.986. The van der Waals surface area contributed by atoms with Crippen LogP contribution < -0.4 is 5.32 Å². The van der Waals surface area contributed by atoms with Crippen molar-refractivity contribution in [3.63, 3.8) is 0 Å². The summed E-state index contributed by atoms with van der Waals surface area (Å²) >= 11 is 1.26. The van der Waals surface area contributed by atoms with Gasteiger partial charge in [-0.1, -0.05) is 54.2 Å². The molecule has 152 valence electrons. The number of thioether (sulfide) groups is 1. The molecule has 1 amide bonds. The first kappa shape index (κ1) is 20.9. The molecule has 0 bridgehead atoms. The van der Waals surface area contributed by atoms with Crippen LogP contribution in [0.3, 0.4) is 0 Å². The lowest BCUT2D eigenvalue weighted by Gasteiger charge is -2.10. The number of hydrogen-bond acceptors (Lipinski definition) is 4. The number of carbonyl (C=O) groups is 1. The highest BCUT2D eigenvalue weighted by Crippen LogP contribution is 2.29. The van der Waals surface area contributed by atoms with E-state index in [0.29, 0.717) is 17.3 Å². The molecule has 0 unspecified atom stereocenters. The van der Waals surface area contributed by atoms with E-state index < -0.39 is 11.7 Å². The molecule has 3 rings (SSSR count). The molecule has 0 saturated heterocycles. The second-order valence-corrected chi connectivity index (χ2v) is 7.30. The third-order valence-corrected chi connectivity index (χ3v) is 5.16. The smallest absolute Gasteiger partial charge is 0.351 e. The van der Waals surface area contributed by atoms with Crippen molar-refractivity contribution < 1.29 is 18.0 Å². The number of hydrogen-bond donors (Lipinski definition) is 1. The topological polar surface area (TPSA) is 59.8 Å². The number of rotatable bonds is 7. The molecule has 0 atom stereocenters. The Bertz CT molecular complexity index is 956. The van der Waals surface area contributed by atoms with Crippen LogP contribution in [0.2, 0.25) is 0 Å². The number of amides is 1. The predicted octanol–water partition coefficient (Wildman–Crippen LogP) is 4.06. The van der Waals surface area contributed by atoms with Crippen LogP contribution >= 0.6 is 11.8 Å². The molecule has 0 fully saturated rings. The molecule has 0 saturated carbocycles. The molecule has 2 aromatic carbocycles. The summed E-state index contributed by atoms with van der Waals surface area (Å²) in [6.45, 7) is 2.62. The molecule has 1 N–H and O–H groups in total. The summed E-state index contributed by atoms with van der Waals surface area (Å²) in [5, 5.41) is 11.5. The fraction of sp³-hybridized carbons (Fsp3) is 0.250. The first-order valence-corrected chi connectivity index (χ1v) is 9.81. The molecule has 1 aromatic heterocycles. The molecular weight excluding hydrogens is 401 g/mol. The second-order valence-electron chi connectivity index (χ2n) is 6.36. The van der Waals surface area contributed by atoms with Gasteiger partial charge >= 0.3 is 6.18 Å². The summed E-state index contributed by atoms with van der Waals surface area (Å²) in [6.07, 6.45) is -4.37. The van der Waals surface area contributed by atoms with Crippen LogP contribution in [-0.2, 0) is 24.1 Å². The van der Waals surface area contributed by atoms with Crippen molar-refractivity contribution in [3.05, 3.63) is 77.1 Å². The average Bonchev–Trinajstić information content (AvgIpc) is 3.05. The van der Waals surface area contributed by atoms with E-state index in [2.05, 4.69) is 15.5 Å². The molecule has 3 aromatic rings. The van der Waals surface area contributed by atoms with E-state index in [4.69, 9.17) is 0 Å². The SMILES string of the molecule is Cc1nnc(SCC(=O)NCc2ccc(C(F)(F)F)cc2)n1Cc1ccccc1. The molecule has 0 aliphatic carbocycles. The maximum absolute atomic E-state index is 12.6. The van der Waals surface area contributed by atoms with E-state index in [1.807, 2.05) is 41.8 Å². The first-order chi connectivity index (χ1) is 13.8. The third kappa shape index (κ3) is 5.83. The van der Waals surface area contributed by atoms with Gasteiger partial charge in [-0.2, -0.15) is 13.2 Å². The lowest BCUT2D eigenvalue weighted by molar-refractivity contribution is -0.137. The normalized spacial score (nSPS) is 11.4. The van der Waals surface area contributed by atoms with Gasteiger partial charge < -0.3 is 9.88 Å². The Morgan fingerprint density at radius 2 is 1.72 bits per heavy atom. The number of aryl methyl sites for hydroxylation is 1. The summed E-state index contributed by atoms with van der Waals surface area (Å²) in [4.78, 5) is 12.1. The molecule has 9 heteroatoms. The maximum atomic E-state index is 12.6. The van der Waals surface area contributed by atoms with Crippen LogP contribution in [0.5, 0.6) is 0 Å². The van der Waals surface area contributed by atoms with Crippen LogP contribution in [0.15, 0.2) is 59.8 Å². The second kappa shape index (κ2) is 9.13. The van der Waals surface area contributed by atoms with E-state index in [-0.39, 0.29) is 18.2 Å². The molecule has 0 aliphatic rings. The Balaban J connectivity index is 1.52. The average molecular weight is 420 g/mol. The monoisotopic (exact) mass is 420 g/mol. The zero-order valence-corrected chi connectivity index (χ0v) is 16.4. The minimum absolute atomic E-state index is 0.132. The Labute approximate surface area is 170 Å². The number of benzene rings is 2. The zero-order chi connectivity index (χ0) is 20.9. The Kier molecular flexibility index (Phi) is 6.58. The van der Waals surface area contributed by atoms with E-state index in [9.17, 15) is 18.0 Å². The molecule has 29 heavy (non-hydrogen) atoms. The van der Waals surface area contributed by atoms with E-state index in [1.165, 1.54) is 23.9 Å². The van der Waals surface area contributed by atoms with Gasteiger partial charge in [-0.25, -0.2) is 0 Å². The van der Waals surface area contributed by atoms with E-state index in [0.717, 1.165) is 23.5 Å². The number of alkyl halides is 3. The maximum Gasteiger partial charge on any atom is 0.416 e. The van der Waals surface area contributed by atoms with Gasteiger partial charge in [0.25, 0.3) is 0 Å². The highest BCUT2D eigenvalue weighted by molar-refractivity contribution is 7.99. The summed E-state index contributed by atoms with van der Waals surface area (Å²) in [6, 6.07) is 14.6. The fourth-order valence-electron chi connectivity index (χ4n) is 2.61. The Morgan fingerprint density at radius 1 is 1.03 bits per heavy atom. The third-order valence-electron chi connectivity index (χ3n) is 4.19. The largest absolute Gasteiger partial charge is 0.416 e. The van der Waals surface area contributed by atoms with Crippen LogP contribution in [0.1, 0.15) is 22.5 Å². The van der Waals surface area contributed by atoms with Gasteiger partial charge in [-0.05, 0) is 30.2 Å². The Morgan fingerprint density at radius 3 is 2.38 bits per heavy atom. The molecule has 0 radical (unpaired) electrons. The standard InChI is InChI=1S/C20H19F3N4OS/c1-14-25-26-19(27(14)12-16-5-3-2-4-6-16)29-13-18(28)24-11-15-7-9-17(10-8-15)20(21,22)23/h2-10H,11-13H2,1H3,(H,24,28). The highest BCUT2D eigenvalue weighted by Gasteiger charge is 2.29. The summed E-state index contributed by atoms with van der Waals surface area (Å²) in [5.74, 6) is 0.649.